The van der Waals surface area contributed by atoms with Crippen molar-refractivity contribution in [1.82, 2.24) is 15.5 Å². The third-order valence-corrected chi connectivity index (χ3v) is 3.80. The van der Waals surface area contributed by atoms with Gasteiger partial charge in [-0.1, -0.05) is 32.9 Å². The highest BCUT2D eigenvalue weighted by Crippen LogP contribution is 2.20. The SMILES string of the molecule is CC.CC/C=C(\C=C/CCl)NC(=O)c1cc(C(=O)NCCN(C)C)ccc1OC. The third-order valence-electron chi connectivity index (χ3n) is 3.62. The molecule has 0 saturated heterocycles. The normalized spacial score (nSPS) is 11.1. The maximum absolute atomic E-state index is 12.7. The smallest absolute Gasteiger partial charge is 0.259 e. The van der Waals surface area contributed by atoms with Crippen LogP contribution in [0.1, 0.15) is 47.9 Å². The van der Waals surface area contributed by atoms with Gasteiger partial charge in [0, 0.05) is 30.2 Å². The summed E-state index contributed by atoms with van der Waals surface area (Å²) >= 11 is 5.67. The van der Waals surface area contributed by atoms with Crippen LogP contribution >= 0.6 is 11.6 Å². The summed E-state index contributed by atoms with van der Waals surface area (Å²) in [4.78, 5) is 27.0. The molecule has 29 heavy (non-hydrogen) atoms. The van der Waals surface area contributed by atoms with Gasteiger partial charge in [0.25, 0.3) is 11.8 Å². The Morgan fingerprint density at radius 2 is 1.90 bits per heavy atom. The highest BCUT2D eigenvalue weighted by Gasteiger charge is 2.16. The predicted octanol–water partition coefficient (Wildman–Crippen LogP) is 3.83. The first-order valence-corrected chi connectivity index (χ1v) is 10.3. The number of ether oxygens (including phenoxy) is 1. The van der Waals surface area contributed by atoms with E-state index in [1.54, 1.807) is 24.3 Å². The molecule has 7 heteroatoms. The van der Waals surface area contributed by atoms with Crippen LogP contribution in [0.25, 0.3) is 0 Å². The summed E-state index contributed by atoms with van der Waals surface area (Å²) in [6.07, 6.45) is 6.13. The summed E-state index contributed by atoms with van der Waals surface area (Å²) < 4.78 is 5.28. The lowest BCUT2D eigenvalue weighted by Gasteiger charge is -2.13. The summed E-state index contributed by atoms with van der Waals surface area (Å²) in [7, 11) is 5.35. The Kier molecular flexibility index (Phi) is 14.4. The first-order chi connectivity index (χ1) is 13.9. The van der Waals surface area contributed by atoms with Gasteiger partial charge in [-0.25, -0.2) is 0 Å². The molecule has 162 valence electrons. The van der Waals surface area contributed by atoms with E-state index in [1.165, 1.54) is 13.2 Å². The summed E-state index contributed by atoms with van der Waals surface area (Å²) in [6, 6.07) is 4.79. The third kappa shape index (κ3) is 10.1. The van der Waals surface area contributed by atoms with Gasteiger partial charge in [-0.2, -0.15) is 0 Å². The molecule has 6 nitrogen and oxygen atoms in total. The monoisotopic (exact) mass is 423 g/mol. The number of carbonyl (C=O) groups excluding carboxylic acids is 2. The van der Waals surface area contributed by atoms with E-state index in [0.717, 1.165) is 13.0 Å². The number of likely N-dealkylation sites (N-methyl/N-ethyl adjacent to an activating group) is 1. The summed E-state index contributed by atoms with van der Waals surface area (Å²) in [5.41, 5.74) is 1.34. The molecule has 0 spiro atoms. The van der Waals surface area contributed by atoms with Crippen LogP contribution in [-0.4, -0.2) is 56.9 Å². The number of hydrogen-bond acceptors (Lipinski definition) is 4. The second-order valence-corrected chi connectivity index (χ2v) is 6.36. The summed E-state index contributed by atoms with van der Waals surface area (Å²) in [5, 5.41) is 5.66. The van der Waals surface area contributed by atoms with Crippen molar-refractivity contribution < 1.29 is 14.3 Å². The van der Waals surface area contributed by atoms with E-state index < -0.39 is 0 Å². The zero-order chi connectivity index (χ0) is 22.2. The zero-order valence-electron chi connectivity index (χ0n) is 18.3. The van der Waals surface area contributed by atoms with E-state index in [9.17, 15) is 9.59 Å². The Morgan fingerprint density at radius 3 is 2.45 bits per heavy atom. The van der Waals surface area contributed by atoms with Crippen molar-refractivity contribution in [2.45, 2.75) is 27.2 Å². The number of rotatable bonds is 10. The van der Waals surface area contributed by atoms with Crippen LogP contribution in [0, 0.1) is 0 Å². The summed E-state index contributed by atoms with van der Waals surface area (Å²) in [6.45, 7) is 7.22. The lowest BCUT2D eigenvalue weighted by molar-refractivity contribution is 0.0951. The number of carbonyl (C=O) groups is 2. The molecule has 1 aromatic rings. The highest BCUT2D eigenvalue weighted by atomic mass is 35.5. The molecule has 1 aromatic carbocycles. The van der Waals surface area contributed by atoms with E-state index in [-0.39, 0.29) is 11.8 Å². The fourth-order valence-corrected chi connectivity index (χ4v) is 2.36. The van der Waals surface area contributed by atoms with Crippen LogP contribution in [0.4, 0.5) is 0 Å². The average Bonchev–Trinajstić information content (AvgIpc) is 2.72. The molecule has 0 radical (unpaired) electrons. The first-order valence-electron chi connectivity index (χ1n) is 9.77. The lowest BCUT2D eigenvalue weighted by atomic mass is 10.1. The minimum atomic E-state index is -0.353. The molecule has 0 atom stereocenters. The zero-order valence-corrected chi connectivity index (χ0v) is 19.1. The first kappa shape index (κ1) is 26.7. The molecule has 0 aliphatic carbocycles. The van der Waals surface area contributed by atoms with Crippen LogP contribution in [0.2, 0.25) is 0 Å². The quantitative estimate of drug-likeness (QED) is 0.443. The van der Waals surface area contributed by atoms with Crippen molar-refractivity contribution in [3.63, 3.8) is 0 Å². The molecule has 0 fully saturated rings. The Balaban J connectivity index is 0.00000379. The van der Waals surface area contributed by atoms with Crippen LogP contribution in [-0.2, 0) is 0 Å². The largest absolute Gasteiger partial charge is 0.496 e. The fourth-order valence-electron chi connectivity index (χ4n) is 2.27. The number of methoxy groups -OCH3 is 1. The van der Waals surface area contributed by atoms with Crippen LogP contribution in [0.5, 0.6) is 5.75 Å². The van der Waals surface area contributed by atoms with Gasteiger partial charge < -0.3 is 20.3 Å². The second kappa shape index (κ2) is 15.6. The predicted molar refractivity (Wildman–Crippen MR) is 121 cm³/mol. The van der Waals surface area contributed by atoms with Crippen molar-refractivity contribution in [1.29, 1.82) is 0 Å². The van der Waals surface area contributed by atoms with Crippen LogP contribution in [0.3, 0.4) is 0 Å². The van der Waals surface area contributed by atoms with Gasteiger partial charge in [-0.3, -0.25) is 9.59 Å². The molecule has 0 aromatic heterocycles. The van der Waals surface area contributed by atoms with E-state index in [0.29, 0.717) is 35.0 Å². The number of alkyl halides is 1. The van der Waals surface area contributed by atoms with Gasteiger partial charge in [0.05, 0.1) is 12.7 Å². The van der Waals surface area contributed by atoms with Gasteiger partial charge in [-0.05, 0) is 44.8 Å². The van der Waals surface area contributed by atoms with Crippen molar-refractivity contribution in [3.05, 3.63) is 53.3 Å². The van der Waals surface area contributed by atoms with Crippen molar-refractivity contribution in [3.8, 4) is 5.75 Å². The minimum Gasteiger partial charge on any atom is -0.496 e. The molecule has 2 amide bonds. The average molecular weight is 424 g/mol. The Labute approximate surface area is 179 Å². The van der Waals surface area contributed by atoms with Gasteiger partial charge >= 0.3 is 0 Å². The van der Waals surface area contributed by atoms with E-state index >= 15 is 0 Å². The maximum Gasteiger partial charge on any atom is 0.259 e. The Bertz CT molecular complexity index is 701. The number of amides is 2. The number of nitrogens with zero attached hydrogens (tertiary/aromatic N) is 1. The molecular formula is C22H34ClN3O3. The van der Waals surface area contributed by atoms with E-state index in [2.05, 4.69) is 10.6 Å². The number of benzene rings is 1. The second-order valence-electron chi connectivity index (χ2n) is 6.05. The van der Waals surface area contributed by atoms with Crippen molar-refractivity contribution in [2.75, 3.05) is 40.2 Å². The van der Waals surface area contributed by atoms with E-state index in [4.69, 9.17) is 16.3 Å². The molecule has 0 aliphatic rings. The molecule has 0 saturated carbocycles. The topological polar surface area (TPSA) is 70.7 Å². The summed E-state index contributed by atoms with van der Waals surface area (Å²) in [5.74, 6) is 0.159. The number of halogens is 1. The molecule has 1 rings (SSSR count). The Morgan fingerprint density at radius 1 is 1.21 bits per heavy atom. The lowest BCUT2D eigenvalue weighted by Crippen LogP contribution is -2.31. The number of hydrogen-bond donors (Lipinski definition) is 2. The number of nitrogens with one attached hydrogen (secondary N) is 2. The Hall–Kier alpha value is -2.31. The molecule has 0 aliphatic heterocycles. The fraction of sp³-hybridized carbons (Fsp3) is 0.455. The van der Waals surface area contributed by atoms with Gasteiger partial charge in [0.2, 0.25) is 0 Å². The molecule has 0 unspecified atom stereocenters. The van der Waals surface area contributed by atoms with Crippen molar-refractivity contribution >= 4 is 23.4 Å². The van der Waals surface area contributed by atoms with Gasteiger partial charge in [0.15, 0.2) is 0 Å². The molecule has 2 N–H and O–H groups in total. The highest BCUT2D eigenvalue weighted by molar-refractivity contribution is 6.18. The minimum absolute atomic E-state index is 0.236. The maximum atomic E-state index is 12.7. The van der Waals surface area contributed by atoms with Crippen LogP contribution in [0.15, 0.2) is 42.1 Å². The standard InChI is InChI=1S/C20H28ClN3O3.C2H6/c1-5-7-16(8-6-11-21)23-20(26)17-14-15(9-10-18(17)27-4)19(25)22-12-13-24(2)3;1-2/h6-10,14H,5,11-13H2,1-4H3,(H,22,25)(H,23,26);1-2H3/b8-6-,16-7+;. The van der Waals surface area contributed by atoms with Gasteiger partial charge in [-0.15, -0.1) is 11.6 Å². The van der Waals surface area contributed by atoms with Crippen LogP contribution < -0.4 is 15.4 Å². The van der Waals surface area contributed by atoms with Gasteiger partial charge in [0.1, 0.15) is 5.75 Å². The van der Waals surface area contributed by atoms with E-state index in [1.807, 2.05) is 45.8 Å². The molecule has 0 heterocycles. The number of allylic oxidation sites excluding steroid dienone is 3. The van der Waals surface area contributed by atoms with Crippen molar-refractivity contribution in [2.24, 2.45) is 0 Å². The molecular weight excluding hydrogens is 390 g/mol. The molecule has 0 bridgehead atoms.